The van der Waals surface area contributed by atoms with Crippen molar-refractivity contribution in [2.24, 2.45) is 5.41 Å². The summed E-state index contributed by atoms with van der Waals surface area (Å²) in [5.41, 5.74) is -2.73. The highest BCUT2D eigenvalue weighted by atomic mass is 19.3. The number of carbonyl (C=O) groups is 1. The highest BCUT2D eigenvalue weighted by Gasteiger charge is 2.69. The van der Waals surface area contributed by atoms with Crippen molar-refractivity contribution in [3.05, 3.63) is 46.2 Å². The number of aryl methyl sites for hydroxylation is 2. The van der Waals surface area contributed by atoms with Crippen molar-refractivity contribution in [2.45, 2.75) is 50.8 Å². The summed E-state index contributed by atoms with van der Waals surface area (Å²) in [4.78, 5) is 20.9. The Morgan fingerprint density at radius 3 is 2.46 bits per heavy atom. The predicted molar refractivity (Wildman–Crippen MR) is 118 cm³/mol. The van der Waals surface area contributed by atoms with Crippen molar-refractivity contribution < 1.29 is 23.4 Å². The van der Waals surface area contributed by atoms with Crippen LogP contribution in [0.1, 0.15) is 52.0 Å². The van der Waals surface area contributed by atoms with Gasteiger partial charge in [-0.2, -0.15) is 15.5 Å². The second kappa shape index (κ2) is 7.45. The Kier molecular flexibility index (Phi) is 4.83. The van der Waals surface area contributed by atoms with E-state index < -0.39 is 34.9 Å². The molecule has 1 aliphatic heterocycles. The highest BCUT2D eigenvalue weighted by molar-refractivity contribution is 5.99. The molecule has 1 unspecified atom stereocenters. The number of aliphatic hydroxyl groups is 1. The van der Waals surface area contributed by atoms with Gasteiger partial charge in [0.25, 0.3) is 12.3 Å². The van der Waals surface area contributed by atoms with Gasteiger partial charge in [-0.15, -0.1) is 0 Å². The average molecular weight is 478 g/mol. The Morgan fingerprint density at radius 2 is 1.89 bits per heavy atom. The lowest BCUT2D eigenvalue weighted by atomic mass is 9.40. The number of benzene rings is 1. The number of amides is 1. The van der Waals surface area contributed by atoms with E-state index in [9.17, 15) is 23.9 Å². The Hall–Kier alpha value is -4.09. The van der Waals surface area contributed by atoms with Crippen LogP contribution in [0.5, 0.6) is 11.6 Å². The number of alkyl halides is 2. The summed E-state index contributed by atoms with van der Waals surface area (Å²) < 4.78 is 33.8. The van der Waals surface area contributed by atoms with Crippen LogP contribution in [0.2, 0.25) is 0 Å². The number of nitriles is 2. The SMILES string of the molecule is Cc1cc(/C=C/C#N)cc(C)c1Oc1nc(NC23CC(C#N)(C2)C3)nc2c1C(O)(C(F)F)NC2=O. The molecular weight excluding hydrogens is 458 g/mol. The molecule has 9 nitrogen and oxygen atoms in total. The van der Waals surface area contributed by atoms with Gasteiger partial charge in [0.05, 0.1) is 17.6 Å². The molecule has 35 heavy (non-hydrogen) atoms. The first-order chi connectivity index (χ1) is 16.5. The molecule has 1 amide bonds. The first-order valence-corrected chi connectivity index (χ1v) is 10.8. The standard InChI is InChI=1S/C24H20F2N6O3/c1-12-6-14(4-3-5-27)7-13(2)17(12)35-19-15-16(18(33)31-24(15,34)20(25)26)29-21(30-19)32-23-8-22(9-23,10-23)11-28/h3-4,6-7,20,34H,8-10H2,1-2H3,(H,31,33)(H,29,30,32)/b4-3+. The molecule has 3 saturated carbocycles. The summed E-state index contributed by atoms with van der Waals surface area (Å²) in [5, 5.41) is 33.7. The van der Waals surface area contributed by atoms with Gasteiger partial charge in [0, 0.05) is 11.6 Å². The molecule has 1 aromatic carbocycles. The minimum atomic E-state index is -3.37. The predicted octanol–water partition coefficient (Wildman–Crippen LogP) is 3.43. The summed E-state index contributed by atoms with van der Waals surface area (Å²) in [5.74, 6) is -1.07. The highest BCUT2D eigenvalue weighted by Crippen LogP contribution is 2.67. The number of carbonyl (C=O) groups excluding carboxylic acids is 1. The van der Waals surface area contributed by atoms with Crippen LogP contribution in [0.15, 0.2) is 18.2 Å². The van der Waals surface area contributed by atoms with E-state index in [2.05, 4.69) is 21.4 Å². The second-order valence-electron chi connectivity index (χ2n) is 9.47. The molecule has 3 aliphatic carbocycles. The van der Waals surface area contributed by atoms with Crippen molar-refractivity contribution in [1.82, 2.24) is 15.3 Å². The van der Waals surface area contributed by atoms with Crippen molar-refractivity contribution in [1.29, 1.82) is 10.5 Å². The van der Waals surface area contributed by atoms with Gasteiger partial charge < -0.3 is 20.5 Å². The molecule has 178 valence electrons. The molecule has 0 spiro atoms. The first kappa shape index (κ1) is 22.7. The third kappa shape index (κ3) is 3.39. The van der Waals surface area contributed by atoms with E-state index in [-0.39, 0.29) is 17.2 Å². The zero-order valence-corrected chi connectivity index (χ0v) is 18.8. The largest absolute Gasteiger partial charge is 0.438 e. The Morgan fingerprint density at radius 1 is 1.23 bits per heavy atom. The van der Waals surface area contributed by atoms with Crippen LogP contribution in [0.25, 0.3) is 6.08 Å². The van der Waals surface area contributed by atoms with Crippen molar-refractivity contribution in [3.8, 4) is 23.8 Å². The van der Waals surface area contributed by atoms with E-state index in [0.29, 0.717) is 36.1 Å². The fraction of sp³-hybridized carbons (Fsp3) is 0.375. The number of fused-ring (bicyclic) bond motifs is 1. The zero-order valence-electron chi connectivity index (χ0n) is 18.8. The topological polar surface area (TPSA) is 144 Å². The smallest absolute Gasteiger partial charge is 0.290 e. The van der Waals surface area contributed by atoms with E-state index in [0.717, 1.165) is 5.56 Å². The number of allylic oxidation sites excluding steroid dienone is 1. The molecule has 3 fully saturated rings. The van der Waals surface area contributed by atoms with Gasteiger partial charge in [0.2, 0.25) is 17.6 Å². The summed E-state index contributed by atoms with van der Waals surface area (Å²) in [6.45, 7) is 3.47. The number of nitrogens with one attached hydrogen (secondary N) is 2. The van der Waals surface area contributed by atoms with Crippen molar-refractivity contribution in [2.75, 3.05) is 5.32 Å². The van der Waals surface area contributed by atoms with Crippen molar-refractivity contribution in [3.63, 3.8) is 0 Å². The van der Waals surface area contributed by atoms with E-state index in [1.807, 2.05) is 11.4 Å². The minimum Gasteiger partial charge on any atom is -0.438 e. The van der Waals surface area contributed by atoms with Gasteiger partial charge in [0.15, 0.2) is 0 Å². The number of ether oxygens (including phenoxy) is 1. The molecule has 0 radical (unpaired) electrons. The van der Waals surface area contributed by atoms with Gasteiger partial charge in [-0.05, 0) is 68.0 Å². The number of rotatable bonds is 6. The summed E-state index contributed by atoms with van der Waals surface area (Å²) in [7, 11) is 0. The molecule has 2 aromatic rings. The van der Waals surface area contributed by atoms with Crippen LogP contribution < -0.4 is 15.4 Å². The lowest BCUT2D eigenvalue weighted by Crippen LogP contribution is -2.70. The molecule has 11 heteroatoms. The lowest BCUT2D eigenvalue weighted by Gasteiger charge is -2.66. The third-order valence-corrected chi connectivity index (χ3v) is 6.77. The van der Waals surface area contributed by atoms with Gasteiger partial charge in [-0.25, -0.2) is 13.8 Å². The van der Waals surface area contributed by atoms with Crippen LogP contribution in [0, 0.1) is 41.9 Å². The maximum Gasteiger partial charge on any atom is 0.290 e. The summed E-state index contributed by atoms with van der Waals surface area (Å²) in [6.07, 6.45) is 1.35. The van der Waals surface area contributed by atoms with Crippen LogP contribution in [0.4, 0.5) is 14.7 Å². The molecule has 4 aliphatic rings. The fourth-order valence-corrected chi connectivity index (χ4v) is 5.28. The molecule has 2 bridgehead atoms. The van der Waals surface area contributed by atoms with Gasteiger partial charge in [-0.1, -0.05) is 0 Å². The fourth-order valence-electron chi connectivity index (χ4n) is 5.28. The van der Waals surface area contributed by atoms with Gasteiger partial charge in [0.1, 0.15) is 17.0 Å². The Labute approximate surface area is 199 Å². The molecule has 6 rings (SSSR count). The van der Waals surface area contributed by atoms with Crippen LogP contribution in [-0.4, -0.2) is 32.9 Å². The molecular formula is C24H20F2N6O3. The first-order valence-electron chi connectivity index (χ1n) is 10.8. The van der Waals surface area contributed by atoms with E-state index >= 15 is 0 Å². The van der Waals surface area contributed by atoms with E-state index in [1.54, 1.807) is 32.1 Å². The number of aromatic nitrogens is 2. The van der Waals surface area contributed by atoms with Crippen LogP contribution >= 0.6 is 0 Å². The molecule has 2 heterocycles. The van der Waals surface area contributed by atoms with Gasteiger partial charge >= 0.3 is 0 Å². The molecule has 1 aromatic heterocycles. The second-order valence-corrected chi connectivity index (χ2v) is 9.47. The zero-order chi connectivity index (χ0) is 25.2. The molecule has 3 N–H and O–H groups in total. The average Bonchev–Trinajstić information content (AvgIpc) is 3.02. The number of halogens is 2. The number of hydrogen-bond acceptors (Lipinski definition) is 8. The summed E-state index contributed by atoms with van der Waals surface area (Å²) in [6, 6.07) is 7.68. The number of anilines is 1. The quantitative estimate of drug-likeness (QED) is 0.536. The minimum absolute atomic E-state index is 0.0115. The maximum absolute atomic E-state index is 13.9. The monoisotopic (exact) mass is 478 g/mol. The maximum atomic E-state index is 13.9. The third-order valence-electron chi connectivity index (χ3n) is 6.77. The Balaban J connectivity index is 1.57. The van der Waals surface area contributed by atoms with Crippen LogP contribution in [0.3, 0.4) is 0 Å². The number of nitrogens with zero attached hydrogens (tertiary/aromatic N) is 4. The van der Waals surface area contributed by atoms with Gasteiger partial charge in [-0.3, -0.25) is 4.79 Å². The van der Waals surface area contributed by atoms with Crippen LogP contribution in [-0.2, 0) is 5.72 Å². The number of hydrogen-bond donors (Lipinski definition) is 3. The van der Waals surface area contributed by atoms with Crippen molar-refractivity contribution >= 4 is 17.9 Å². The summed E-state index contributed by atoms with van der Waals surface area (Å²) >= 11 is 0. The van der Waals surface area contributed by atoms with E-state index in [4.69, 9.17) is 10.00 Å². The molecule has 0 saturated heterocycles. The lowest BCUT2D eigenvalue weighted by molar-refractivity contribution is -0.113. The normalized spacial score (nSPS) is 27.9. The Bertz CT molecular complexity index is 1350. The van der Waals surface area contributed by atoms with E-state index in [1.165, 1.54) is 6.08 Å². The molecule has 1 atom stereocenters.